The predicted octanol–water partition coefficient (Wildman–Crippen LogP) is 3.79. The average Bonchev–Trinajstić information content (AvgIpc) is 2.86. The van der Waals surface area contributed by atoms with Crippen molar-refractivity contribution in [3.8, 4) is 5.75 Å². The lowest BCUT2D eigenvalue weighted by Gasteiger charge is -2.06. The van der Waals surface area contributed by atoms with Crippen molar-refractivity contribution in [2.75, 3.05) is 0 Å². The second kappa shape index (κ2) is 5.54. The number of thiocarbonyl (C=S) groups is 1. The highest BCUT2D eigenvalue weighted by atomic mass is 32.1. The zero-order valence-corrected chi connectivity index (χ0v) is 11.8. The van der Waals surface area contributed by atoms with Gasteiger partial charge in [0.1, 0.15) is 23.0 Å². The molecule has 1 heterocycles. The highest BCUT2D eigenvalue weighted by Crippen LogP contribution is 2.33. The minimum Gasteiger partial charge on any atom is -0.484 e. The Morgan fingerprint density at radius 3 is 2.57 bits per heavy atom. The Morgan fingerprint density at radius 1 is 1.14 bits per heavy atom. The van der Waals surface area contributed by atoms with Crippen LogP contribution in [0, 0.1) is 5.82 Å². The van der Waals surface area contributed by atoms with Crippen LogP contribution in [-0.2, 0) is 6.61 Å². The molecule has 3 nitrogen and oxygen atoms in total. The molecule has 0 radical (unpaired) electrons. The molecule has 1 aromatic heterocycles. The lowest BCUT2D eigenvalue weighted by molar-refractivity contribution is 0.304. The van der Waals surface area contributed by atoms with E-state index in [2.05, 4.69) is 0 Å². The van der Waals surface area contributed by atoms with E-state index in [0.29, 0.717) is 17.1 Å². The maximum atomic E-state index is 12.9. The quantitative estimate of drug-likeness (QED) is 0.745. The summed E-state index contributed by atoms with van der Waals surface area (Å²) in [6.07, 6.45) is 0. The Balaban J connectivity index is 1.93. The van der Waals surface area contributed by atoms with E-state index in [9.17, 15) is 4.39 Å². The first-order valence-electron chi connectivity index (χ1n) is 6.34. The van der Waals surface area contributed by atoms with E-state index in [1.165, 1.54) is 12.1 Å². The minimum absolute atomic E-state index is 0.139. The summed E-state index contributed by atoms with van der Waals surface area (Å²) < 4.78 is 24.3. The van der Waals surface area contributed by atoms with E-state index in [0.717, 1.165) is 10.9 Å². The standard InChI is InChI=1S/C16H12FNO2S/c17-11-7-5-10(6-8-11)9-19-14-12-3-1-2-4-13(12)20-15(14)16(18)21/h1-8H,9H2,(H2,18,21). The highest BCUT2D eigenvalue weighted by Gasteiger charge is 2.17. The van der Waals surface area contributed by atoms with E-state index in [-0.39, 0.29) is 17.4 Å². The van der Waals surface area contributed by atoms with Crippen LogP contribution in [-0.4, -0.2) is 4.99 Å². The SMILES string of the molecule is NC(=S)c1oc2ccccc2c1OCc1ccc(F)cc1. The molecule has 3 rings (SSSR count). The van der Waals surface area contributed by atoms with Crippen LogP contribution in [0.1, 0.15) is 11.3 Å². The number of para-hydroxylation sites is 1. The van der Waals surface area contributed by atoms with Gasteiger partial charge in [0, 0.05) is 0 Å². The Morgan fingerprint density at radius 2 is 1.86 bits per heavy atom. The number of nitrogens with two attached hydrogens (primary N) is 1. The summed E-state index contributed by atoms with van der Waals surface area (Å²) >= 11 is 4.99. The lowest BCUT2D eigenvalue weighted by atomic mass is 10.2. The molecule has 106 valence electrons. The van der Waals surface area contributed by atoms with E-state index in [1.54, 1.807) is 12.1 Å². The molecule has 3 aromatic rings. The fraction of sp³-hybridized carbons (Fsp3) is 0.0625. The normalized spacial score (nSPS) is 10.7. The number of rotatable bonds is 4. The summed E-state index contributed by atoms with van der Waals surface area (Å²) in [7, 11) is 0. The van der Waals surface area contributed by atoms with Crippen LogP contribution in [0.2, 0.25) is 0 Å². The molecule has 21 heavy (non-hydrogen) atoms. The molecule has 0 fully saturated rings. The van der Waals surface area contributed by atoms with Crippen LogP contribution in [0.4, 0.5) is 4.39 Å². The molecule has 0 bridgehead atoms. The summed E-state index contributed by atoms with van der Waals surface area (Å²) in [6, 6.07) is 13.5. The lowest BCUT2D eigenvalue weighted by Crippen LogP contribution is -2.10. The van der Waals surface area contributed by atoms with Crippen molar-refractivity contribution in [2.24, 2.45) is 5.73 Å². The summed E-state index contributed by atoms with van der Waals surface area (Å²) in [4.78, 5) is 0.139. The number of hydrogen-bond donors (Lipinski definition) is 1. The van der Waals surface area contributed by atoms with Crippen LogP contribution < -0.4 is 10.5 Å². The second-order valence-electron chi connectivity index (χ2n) is 4.54. The van der Waals surface area contributed by atoms with E-state index in [1.807, 2.05) is 24.3 Å². The smallest absolute Gasteiger partial charge is 0.204 e. The summed E-state index contributed by atoms with van der Waals surface area (Å²) in [5.41, 5.74) is 7.18. The number of halogens is 1. The minimum atomic E-state index is -0.281. The Bertz CT molecular complexity index is 796. The monoisotopic (exact) mass is 301 g/mol. The fourth-order valence-electron chi connectivity index (χ4n) is 2.06. The van der Waals surface area contributed by atoms with Gasteiger partial charge >= 0.3 is 0 Å². The van der Waals surface area contributed by atoms with Crippen LogP contribution >= 0.6 is 12.2 Å². The molecule has 0 atom stereocenters. The van der Waals surface area contributed by atoms with E-state index < -0.39 is 0 Å². The van der Waals surface area contributed by atoms with E-state index >= 15 is 0 Å². The molecule has 0 spiro atoms. The average molecular weight is 301 g/mol. The van der Waals surface area contributed by atoms with Crippen LogP contribution in [0.15, 0.2) is 52.9 Å². The zero-order chi connectivity index (χ0) is 14.8. The van der Waals surface area contributed by atoms with Gasteiger partial charge in [0.05, 0.1) is 5.39 Å². The second-order valence-corrected chi connectivity index (χ2v) is 4.98. The number of benzene rings is 2. The van der Waals surface area contributed by atoms with Crippen molar-refractivity contribution in [1.29, 1.82) is 0 Å². The van der Waals surface area contributed by atoms with Crippen molar-refractivity contribution >= 4 is 28.2 Å². The van der Waals surface area contributed by atoms with Gasteiger partial charge in [-0.1, -0.05) is 36.5 Å². The molecule has 0 aliphatic heterocycles. The molecule has 0 saturated heterocycles. The van der Waals surface area contributed by atoms with Gasteiger partial charge in [0.2, 0.25) is 5.76 Å². The number of ether oxygens (including phenoxy) is 1. The van der Waals surface area contributed by atoms with Gasteiger partial charge in [-0.25, -0.2) is 4.39 Å². The molecule has 2 aromatic carbocycles. The maximum Gasteiger partial charge on any atom is 0.204 e. The first kappa shape index (κ1) is 13.6. The molecule has 0 aliphatic carbocycles. The third kappa shape index (κ3) is 2.73. The molecular weight excluding hydrogens is 289 g/mol. The van der Waals surface area contributed by atoms with Gasteiger partial charge in [-0.15, -0.1) is 0 Å². The van der Waals surface area contributed by atoms with Crippen molar-refractivity contribution in [1.82, 2.24) is 0 Å². The molecule has 0 saturated carbocycles. The molecule has 0 unspecified atom stereocenters. The topological polar surface area (TPSA) is 48.4 Å². The highest BCUT2D eigenvalue weighted by molar-refractivity contribution is 7.80. The third-order valence-electron chi connectivity index (χ3n) is 3.07. The van der Waals surface area contributed by atoms with Gasteiger partial charge in [0.25, 0.3) is 0 Å². The zero-order valence-electron chi connectivity index (χ0n) is 11.0. The number of furan rings is 1. The molecule has 0 amide bonds. The van der Waals surface area contributed by atoms with Gasteiger partial charge in [-0.2, -0.15) is 0 Å². The van der Waals surface area contributed by atoms with Gasteiger partial charge in [-0.05, 0) is 29.8 Å². The Labute approximate surface area is 126 Å². The summed E-state index contributed by atoms with van der Waals surface area (Å²) in [5.74, 6) is 0.590. The first-order chi connectivity index (χ1) is 10.1. The predicted molar refractivity (Wildman–Crippen MR) is 82.8 cm³/mol. The Hall–Kier alpha value is -2.40. The first-order valence-corrected chi connectivity index (χ1v) is 6.74. The van der Waals surface area contributed by atoms with Crippen LogP contribution in [0.3, 0.4) is 0 Å². The molecule has 0 aliphatic rings. The van der Waals surface area contributed by atoms with Crippen LogP contribution in [0.25, 0.3) is 11.0 Å². The van der Waals surface area contributed by atoms with Crippen molar-refractivity contribution < 1.29 is 13.5 Å². The summed E-state index contributed by atoms with van der Waals surface area (Å²) in [6.45, 7) is 0.277. The number of fused-ring (bicyclic) bond motifs is 1. The molecule has 5 heteroatoms. The van der Waals surface area contributed by atoms with Gasteiger partial charge in [0.15, 0.2) is 5.75 Å². The van der Waals surface area contributed by atoms with Gasteiger partial charge in [-0.3, -0.25) is 0 Å². The van der Waals surface area contributed by atoms with Crippen LogP contribution in [0.5, 0.6) is 5.75 Å². The third-order valence-corrected chi connectivity index (χ3v) is 3.26. The van der Waals surface area contributed by atoms with Crippen molar-refractivity contribution in [2.45, 2.75) is 6.61 Å². The van der Waals surface area contributed by atoms with E-state index in [4.69, 9.17) is 27.1 Å². The van der Waals surface area contributed by atoms with Gasteiger partial charge < -0.3 is 14.9 Å². The molecular formula is C16H12FNO2S. The summed E-state index contributed by atoms with van der Waals surface area (Å²) in [5, 5.41) is 0.808. The van der Waals surface area contributed by atoms with Crippen molar-refractivity contribution in [3.63, 3.8) is 0 Å². The Kier molecular flexibility index (Phi) is 3.58. The fourth-order valence-corrected chi connectivity index (χ4v) is 2.20. The van der Waals surface area contributed by atoms with Crippen molar-refractivity contribution in [3.05, 3.63) is 65.7 Å². The molecule has 2 N–H and O–H groups in total. The largest absolute Gasteiger partial charge is 0.484 e. The number of hydrogen-bond acceptors (Lipinski definition) is 3. The maximum absolute atomic E-state index is 12.9.